The number of hydrogen-bond acceptors (Lipinski definition) is 4. The summed E-state index contributed by atoms with van der Waals surface area (Å²) in [6.07, 6.45) is 0. The molecule has 1 aromatic carbocycles. The lowest BCUT2D eigenvalue weighted by molar-refractivity contribution is 0.111. The summed E-state index contributed by atoms with van der Waals surface area (Å²) >= 11 is 5.99. The van der Waals surface area contributed by atoms with Crippen molar-refractivity contribution in [3.05, 3.63) is 29.6 Å². The third kappa shape index (κ3) is 2.14. The van der Waals surface area contributed by atoms with E-state index >= 15 is 0 Å². The van der Waals surface area contributed by atoms with Crippen LogP contribution in [0.1, 0.15) is 11.4 Å². The highest BCUT2D eigenvalue weighted by Gasteiger charge is 2.18. The quantitative estimate of drug-likeness (QED) is 0.782. The Labute approximate surface area is 115 Å². The molecule has 3 rings (SSSR count). The van der Waals surface area contributed by atoms with E-state index in [2.05, 4.69) is 16.1 Å². The van der Waals surface area contributed by atoms with E-state index in [1.165, 1.54) is 0 Å². The Balaban J connectivity index is 2.16. The molecule has 1 aliphatic rings. The third-order valence-electron chi connectivity index (χ3n) is 3.22. The van der Waals surface area contributed by atoms with Crippen LogP contribution in [0.15, 0.2) is 18.2 Å². The van der Waals surface area contributed by atoms with Crippen molar-refractivity contribution in [1.82, 2.24) is 9.66 Å². The van der Waals surface area contributed by atoms with E-state index in [1.54, 1.807) is 6.07 Å². The van der Waals surface area contributed by atoms with Crippen LogP contribution >= 0.6 is 11.6 Å². The topological polar surface area (TPSA) is 54.1 Å². The molecule has 0 unspecified atom stereocenters. The molecule has 1 fully saturated rings. The van der Waals surface area contributed by atoms with Crippen molar-refractivity contribution in [3.63, 3.8) is 0 Å². The maximum atomic E-state index is 9.02. The molecule has 1 saturated heterocycles. The van der Waals surface area contributed by atoms with Gasteiger partial charge >= 0.3 is 0 Å². The van der Waals surface area contributed by atoms with Crippen LogP contribution in [0, 0.1) is 11.3 Å². The van der Waals surface area contributed by atoms with Crippen molar-refractivity contribution in [2.45, 2.75) is 5.88 Å². The first-order valence-electron chi connectivity index (χ1n) is 6.14. The van der Waals surface area contributed by atoms with Crippen molar-refractivity contribution in [1.29, 1.82) is 5.26 Å². The van der Waals surface area contributed by atoms with Crippen LogP contribution in [0.5, 0.6) is 0 Å². The van der Waals surface area contributed by atoms with Crippen molar-refractivity contribution < 1.29 is 4.74 Å². The van der Waals surface area contributed by atoms with Gasteiger partial charge in [-0.25, -0.2) is 9.66 Å². The van der Waals surface area contributed by atoms with Gasteiger partial charge in [-0.05, 0) is 18.2 Å². The number of imidazole rings is 1. The molecule has 0 saturated carbocycles. The second-order valence-corrected chi connectivity index (χ2v) is 4.62. The van der Waals surface area contributed by atoms with E-state index in [0.717, 1.165) is 29.9 Å². The van der Waals surface area contributed by atoms with Gasteiger partial charge < -0.3 is 9.75 Å². The van der Waals surface area contributed by atoms with Crippen LogP contribution in [0.2, 0.25) is 0 Å². The molecule has 0 atom stereocenters. The molecule has 0 aliphatic carbocycles. The number of hydrogen-bond donors (Lipinski definition) is 0. The number of alkyl halides is 1. The smallest absolute Gasteiger partial charge is 0.143 e. The first-order chi connectivity index (χ1) is 9.33. The number of benzene rings is 1. The van der Waals surface area contributed by atoms with Crippen molar-refractivity contribution in [3.8, 4) is 6.07 Å². The molecule has 0 spiro atoms. The number of nitriles is 1. The summed E-state index contributed by atoms with van der Waals surface area (Å²) in [6.45, 7) is 2.98. The van der Waals surface area contributed by atoms with E-state index in [1.807, 2.05) is 16.8 Å². The molecule has 0 N–H and O–H groups in total. The summed E-state index contributed by atoms with van der Waals surface area (Å²) in [6, 6.07) is 7.65. The highest BCUT2D eigenvalue weighted by Crippen LogP contribution is 2.20. The Kier molecular flexibility index (Phi) is 3.28. The summed E-state index contributed by atoms with van der Waals surface area (Å²) in [5.41, 5.74) is 2.42. The van der Waals surface area contributed by atoms with Crippen LogP contribution in [-0.4, -0.2) is 36.0 Å². The molecule has 5 nitrogen and oxygen atoms in total. The van der Waals surface area contributed by atoms with Crippen LogP contribution in [-0.2, 0) is 10.6 Å². The lowest BCUT2D eigenvalue weighted by Crippen LogP contribution is -2.44. The standard InChI is InChI=1S/C13H13ClN4O/c14-8-13-16-11-2-1-10(9-15)7-12(11)18(13)17-3-5-19-6-4-17/h1-2,7H,3-6,8H2. The molecule has 1 aromatic heterocycles. The Morgan fingerprint density at radius 2 is 2.16 bits per heavy atom. The molecule has 19 heavy (non-hydrogen) atoms. The molecule has 2 heterocycles. The predicted octanol–water partition coefficient (Wildman–Crippen LogP) is 1.61. The molecule has 0 amide bonds. The zero-order valence-electron chi connectivity index (χ0n) is 10.3. The van der Waals surface area contributed by atoms with Crippen molar-refractivity contribution in [2.24, 2.45) is 0 Å². The molecule has 6 heteroatoms. The number of ether oxygens (including phenoxy) is 1. The Bertz CT molecular complexity index is 640. The Hall–Kier alpha value is -1.77. The lowest BCUT2D eigenvalue weighted by Gasteiger charge is -2.31. The summed E-state index contributed by atoms with van der Waals surface area (Å²) in [7, 11) is 0. The normalized spacial score (nSPS) is 15.7. The summed E-state index contributed by atoms with van der Waals surface area (Å²) < 4.78 is 7.39. The summed E-state index contributed by atoms with van der Waals surface area (Å²) in [5, 5.41) is 11.2. The van der Waals surface area contributed by atoms with Gasteiger partial charge in [0.05, 0.1) is 54.8 Å². The van der Waals surface area contributed by atoms with Crippen LogP contribution < -0.4 is 5.01 Å². The number of nitrogens with zero attached hydrogens (tertiary/aromatic N) is 4. The van der Waals surface area contributed by atoms with E-state index in [9.17, 15) is 0 Å². The zero-order chi connectivity index (χ0) is 13.2. The van der Waals surface area contributed by atoms with Gasteiger partial charge in [0, 0.05) is 0 Å². The van der Waals surface area contributed by atoms with E-state index < -0.39 is 0 Å². The molecular formula is C13H13ClN4O. The third-order valence-corrected chi connectivity index (χ3v) is 3.46. The minimum Gasteiger partial charge on any atom is -0.378 e. The first-order valence-corrected chi connectivity index (χ1v) is 6.67. The molecule has 0 bridgehead atoms. The average Bonchev–Trinajstić information content (AvgIpc) is 2.85. The Morgan fingerprint density at radius 3 is 2.84 bits per heavy atom. The fraction of sp³-hybridized carbons (Fsp3) is 0.385. The van der Waals surface area contributed by atoms with E-state index in [4.69, 9.17) is 21.6 Å². The highest BCUT2D eigenvalue weighted by atomic mass is 35.5. The highest BCUT2D eigenvalue weighted by molar-refractivity contribution is 6.16. The zero-order valence-corrected chi connectivity index (χ0v) is 11.1. The van der Waals surface area contributed by atoms with Crippen molar-refractivity contribution in [2.75, 3.05) is 31.3 Å². The second-order valence-electron chi connectivity index (χ2n) is 4.35. The van der Waals surface area contributed by atoms with Crippen LogP contribution in [0.25, 0.3) is 11.0 Å². The number of fused-ring (bicyclic) bond motifs is 1. The average molecular weight is 277 g/mol. The van der Waals surface area contributed by atoms with Gasteiger partial charge in [0.2, 0.25) is 0 Å². The Morgan fingerprint density at radius 1 is 1.37 bits per heavy atom. The first kappa shape index (κ1) is 12.3. The molecule has 0 radical (unpaired) electrons. The minimum absolute atomic E-state index is 0.341. The maximum absolute atomic E-state index is 9.02. The molecular weight excluding hydrogens is 264 g/mol. The summed E-state index contributed by atoms with van der Waals surface area (Å²) in [5.74, 6) is 1.14. The molecule has 2 aromatic rings. The van der Waals surface area contributed by atoms with Gasteiger partial charge in [-0.3, -0.25) is 0 Å². The van der Waals surface area contributed by atoms with E-state index in [-0.39, 0.29) is 0 Å². The fourth-order valence-corrected chi connectivity index (χ4v) is 2.51. The fourth-order valence-electron chi connectivity index (χ4n) is 2.34. The van der Waals surface area contributed by atoms with Gasteiger partial charge in [-0.1, -0.05) is 0 Å². The lowest BCUT2D eigenvalue weighted by atomic mass is 10.2. The van der Waals surface area contributed by atoms with Gasteiger partial charge in [0.1, 0.15) is 5.82 Å². The molecule has 1 aliphatic heterocycles. The largest absolute Gasteiger partial charge is 0.378 e. The van der Waals surface area contributed by atoms with Crippen LogP contribution in [0.4, 0.5) is 0 Å². The van der Waals surface area contributed by atoms with Gasteiger partial charge in [-0.15, -0.1) is 11.6 Å². The summed E-state index contributed by atoms with van der Waals surface area (Å²) in [4.78, 5) is 4.52. The second kappa shape index (κ2) is 5.08. The molecule has 98 valence electrons. The van der Waals surface area contributed by atoms with Gasteiger partial charge in [0.25, 0.3) is 0 Å². The number of rotatable bonds is 2. The van der Waals surface area contributed by atoms with Gasteiger partial charge in [0.15, 0.2) is 0 Å². The van der Waals surface area contributed by atoms with E-state index in [0.29, 0.717) is 24.7 Å². The monoisotopic (exact) mass is 276 g/mol. The minimum atomic E-state index is 0.341. The number of aromatic nitrogens is 2. The maximum Gasteiger partial charge on any atom is 0.143 e. The number of halogens is 1. The van der Waals surface area contributed by atoms with Gasteiger partial charge in [-0.2, -0.15) is 5.26 Å². The SMILES string of the molecule is N#Cc1ccc2nc(CCl)n(N3CCOCC3)c2c1. The predicted molar refractivity (Wildman–Crippen MR) is 72.8 cm³/mol. The number of morpholine rings is 1. The van der Waals surface area contributed by atoms with Crippen LogP contribution in [0.3, 0.4) is 0 Å². The van der Waals surface area contributed by atoms with Crippen molar-refractivity contribution >= 4 is 22.6 Å².